The molecule has 0 fully saturated rings. The number of carbonyl (C=O) groups is 1. The maximum atomic E-state index is 12.0. The molecule has 3 heterocycles. The average Bonchev–Trinajstić information content (AvgIpc) is 2.59. The summed E-state index contributed by atoms with van der Waals surface area (Å²) in [5.41, 5.74) is 4.95. The van der Waals surface area contributed by atoms with Crippen LogP contribution in [0.15, 0.2) is 12.1 Å². The molecular weight excluding hydrogens is 350 g/mol. The third kappa shape index (κ3) is 4.11. The molecule has 26 heavy (non-hydrogen) atoms. The number of hydrogen-bond acceptors (Lipinski definition) is 5. The molecular formula is C19H29NO5Si. The van der Waals surface area contributed by atoms with Gasteiger partial charge in [-0.25, -0.2) is 4.79 Å². The van der Waals surface area contributed by atoms with E-state index in [-0.39, 0.29) is 6.09 Å². The summed E-state index contributed by atoms with van der Waals surface area (Å²) in [6.45, 7) is 9.42. The Morgan fingerprint density at radius 2 is 1.62 bits per heavy atom. The van der Waals surface area contributed by atoms with Crippen LogP contribution in [0.5, 0.6) is 0 Å². The lowest BCUT2D eigenvalue weighted by molar-refractivity contribution is 0.0708. The van der Waals surface area contributed by atoms with Crippen LogP contribution in [0.4, 0.5) is 4.79 Å². The molecule has 1 amide bonds. The summed E-state index contributed by atoms with van der Waals surface area (Å²) < 4.78 is 23.1. The van der Waals surface area contributed by atoms with E-state index in [1.807, 2.05) is 20.8 Å². The van der Waals surface area contributed by atoms with E-state index in [0.717, 1.165) is 24.4 Å². The summed E-state index contributed by atoms with van der Waals surface area (Å²) >= 11 is 0. The van der Waals surface area contributed by atoms with Crippen molar-refractivity contribution in [3.05, 3.63) is 34.4 Å². The summed E-state index contributed by atoms with van der Waals surface area (Å²) in [6, 6.07) is 5.17. The molecule has 4 rings (SSSR count). The maximum Gasteiger partial charge on any atom is 0.500 e. The Hall–Kier alpha value is -1.41. The summed E-state index contributed by atoms with van der Waals surface area (Å²) in [6.07, 6.45) is 1.69. The Kier molecular flexibility index (Phi) is 6.34. The Balaban J connectivity index is 1.70. The molecule has 0 radical (unpaired) electrons. The molecule has 4 bridgehead atoms. The Morgan fingerprint density at radius 3 is 2.15 bits per heavy atom. The fourth-order valence-corrected chi connectivity index (χ4v) is 6.48. The van der Waals surface area contributed by atoms with E-state index in [1.54, 1.807) is 4.90 Å². The second kappa shape index (κ2) is 8.52. The van der Waals surface area contributed by atoms with Crippen LogP contribution in [0, 0.1) is 0 Å². The molecule has 0 atom stereocenters. The number of benzene rings is 1. The second-order valence-electron chi connectivity index (χ2n) is 6.64. The van der Waals surface area contributed by atoms with Gasteiger partial charge in [-0.15, -0.1) is 0 Å². The van der Waals surface area contributed by atoms with Crippen molar-refractivity contribution in [1.82, 2.24) is 4.90 Å². The highest BCUT2D eigenvalue weighted by Crippen LogP contribution is 2.31. The van der Waals surface area contributed by atoms with Crippen LogP contribution in [0.3, 0.4) is 0 Å². The minimum absolute atomic E-state index is 0.215. The van der Waals surface area contributed by atoms with Crippen molar-refractivity contribution in [2.24, 2.45) is 0 Å². The van der Waals surface area contributed by atoms with Crippen molar-refractivity contribution >= 4 is 14.9 Å². The topological polar surface area (TPSA) is 57.2 Å². The fourth-order valence-electron chi connectivity index (χ4n) is 3.87. The van der Waals surface area contributed by atoms with Crippen LogP contribution in [-0.4, -0.2) is 39.6 Å². The second-order valence-corrected chi connectivity index (χ2v) is 9.37. The van der Waals surface area contributed by atoms with E-state index in [2.05, 4.69) is 12.1 Å². The van der Waals surface area contributed by atoms with Gasteiger partial charge in [-0.1, -0.05) is 12.1 Å². The number of rotatable bonds is 10. The molecule has 0 saturated carbocycles. The lowest BCUT2D eigenvalue weighted by Gasteiger charge is -2.34. The molecule has 144 valence electrons. The zero-order chi connectivity index (χ0) is 18.6. The van der Waals surface area contributed by atoms with Gasteiger partial charge in [0.05, 0.1) is 0 Å². The number of hydrogen-bond donors (Lipinski definition) is 0. The monoisotopic (exact) mass is 379 g/mol. The predicted molar refractivity (Wildman–Crippen MR) is 99.6 cm³/mol. The van der Waals surface area contributed by atoms with Gasteiger partial charge in [0, 0.05) is 39.0 Å². The first-order valence-corrected chi connectivity index (χ1v) is 11.5. The van der Waals surface area contributed by atoms with Crippen molar-refractivity contribution in [2.75, 3.05) is 19.8 Å². The fraction of sp³-hybridized carbons (Fsp3) is 0.632. The molecule has 6 nitrogen and oxygen atoms in total. The van der Waals surface area contributed by atoms with Gasteiger partial charge < -0.3 is 18.0 Å². The van der Waals surface area contributed by atoms with E-state index >= 15 is 0 Å². The van der Waals surface area contributed by atoms with Crippen LogP contribution < -0.4 is 0 Å². The molecule has 1 aromatic carbocycles. The minimum atomic E-state index is -2.59. The zero-order valence-electron chi connectivity index (χ0n) is 16.0. The number of nitrogens with zero attached hydrogens (tertiary/aromatic N) is 1. The van der Waals surface area contributed by atoms with Crippen molar-refractivity contribution in [3.63, 3.8) is 0 Å². The van der Waals surface area contributed by atoms with Gasteiger partial charge in [-0.2, -0.15) is 0 Å². The predicted octanol–water partition coefficient (Wildman–Crippen LogP) is 3.63. The highest BCUT2D eigenvalue weighted by molar-refractivity contribution is 6.60. The molecule has 0 aromatic heterocycles. The summed E-state index contributed by atoms with van der Waals surface area (Å²) in [5.74, 6) is 0. The average molecular weight is 380 g/mol. The first kappa shape index (κ1) is 19.4. The summed E-state index contributed by atoms with van der Waals surface area (Å²) in [7, 11) is -2.59. The number of carbonyl (C=O) groups excluding carboxylic acids is 1. The van der Waals surface area contributed by atoms with Crippen molar-refractivity contribution in [1.29, 1.82) is 0 Å². The third-order valence-corrected chi connectivity index (χ3v) is 7.99. The van der Waals surface area contributed by atoms with Crippen LogP contribution in [-0.2, 0) is 44.1 Å². The van der Waals surface area contributed by atoms with E-state index in [0.29, 0.717) is 39.5 Å². The summed E-state index contributed by atoms with van der Waals surface area (Å²) in [5, 5.41) is 0. The highest BCUT2D eigenvalue weighted by Gasteiger charge is 2.40. The van der Waals surface area contributed by atoms with E-state index in [9.17, 15) is 4.79 Å². The van der Waals surface area contributed by atoms with Crippen molar-refractivity contribution < 1.29 is 22.8 Å². The van der Waals surface area contributed by atoms with Crippen LogP contribution >= 0.6 is 0 Å². The molecule has 0 saturated heterocycles. The first-order valence-electron chi connectivity index (χ1n) is 9.58. The lowest BCUT2D eigenvalue weighted by Crippen LogP contribution is -2.46. The van der Waals surface area contributed by atoms with E-state index in [1.165, 1.54) is 16.7 Å². The largest absolute Gasteiger partial charge is 0.500 e. The van der Waals surface area contributed by atoms with Gasteiger partial charge in [-0.05, 0) is 55.9 Å². The summed E-state index contributed by atoms with van der Waals surface area (Å²) in [4.78, 5) is 13.8. The van der Waals surface area contributed by atoms with Crippen molar-refractivity contribution in [2.45, 2.75) is 59.4 Å². The smallest absolute Gasteiger partial charge is 0.445 e. The normalized spacial score (nSPS) is 16.0. The molecule has 1 aromatic rings. The van der Waals surface area contributed by atoms with Gasteiger partial charge in [0.25, 0.3) is 0 Å². The highest BCUT2D eigenvalue weighted by atomic mass is 28.4. The Labute approximate surface area is 156 Å². The molecule has 3 aliphatic heterocycles. The van der Waals surface area contributed by atoms with Crippen molar-refractivity contribution in [3.8, 4) is 0 Å². The van der Waals surface area contributed by atoms with Crippen LogP contribution in [0.1, 0.15) is 49.4 Å². The molecule has 7 heteroatoms. The molecule has 0 aliphatic carbocycles. The van der Waals surface area contributed by atoms with E-state index < -0.39 is 8.80 Å². The first-order chi connectivity index (χ1) is 12.6. The van der Waals surface area contributed by atoms with Gasteiger partial charge in [-0.3, -0.25) is 4.90 Å². The molecule has 0 spiro atoms. The molecule has 0 N–H and O–H groups in total. The number of ether oxygens (including phenoxy) is 1. The number of fused-ring (bicyclic) bond motifs is 2. The van der Waals surface area contributed by atoms with Gasteiger partial charge >= 0.3 is 14.9 Å². The van der Waals surface area contributed by atoms with Gasteiger partial charge in [0.15, 0.2) is 0 Å². The van der Waals surface area contributed by atoms with Crippen LogP contribution in [0.25, 0.3) is 0 Å². The zero-order valence-corrected chi connectivity index (χ0v) is 17.0. The SMILES string of the molecule is CCO[Si](CCCc1c2cc3cc1CN(C2)C(=O)OC3)(OCC)OCC. The maximum absolute atomic E-state index is 12.0. The Bertz CT molecular complexity index is 607. The third-order valence-electron chi connectivity index (χ3n) is 4.84. The van der Waals surface area contributed by atoms with Gasteiger partial charge in [0.2, 0.25) is 0 Å². The minimum Gasteiger partial charge on any atom is -0.445 e. The van der Waals surface area contributed by atoms with Crippen LogP contribution in [0.2, 0.25) is 6.04 Å². The molecule has 3 aliphatic rings. The standard InChI is InChI=1S/C19H29NO5Si/c1-4-23-26(24-5-2,25-6-3)9-7-8-18-16-10-15-11-17(18)13-20(12-16)19(21)22-14-15/h10-11H,4-9,12-14H2,1-3H3. The lowest BCUT2D eigenvalue weighted by atomic mass is 9.90. The molecule has 0 unspecified atom stereocenters. The Morgan fingerprint density at radius 1 is 1.04 bits per heavy atom. The number of amides is 1. The van der Waals surface area contributed by atoms with Gasteiger partial charge in [0.1, 0.15) is 6.61 Å². The van der Waals surface area contributed by atoms with E-state index in [4.69, 9.17) is 18.0 Å². The quantitative estimate of drug-likeness (QED) is 0.581.